The van der Waals surface area contributed by atoms with Gasteiger partial charge in [0.05, 0.1) is 18.9 Å². The highest BCUT2D eigenvalue weighted by Crippen LogP contribution is 2.22. The molecule has 1 saturated heterocycles. The molecule has 3 rings (SSSR count). The van der Waals surface area contributed by atoms with Crippen molar-refractivity contribution in [2.45, 2.75) is 39.7 Å². The Morgan fingerprint density at radius 2 is 2.03 bits per heavy atom. The van der Waals surface area contributed by atoms with Crippen molar-refractivity contribution in [3.05, 3.63) is 47.3 Å². The predicted octanol–water partition coefficient (Wildman–Crippen LogP) is 2.24. The molecule has 0 saturated carbocycles. The predicted molar refractivity (Wildman–Crippen MR) is 114 cm³/mol. The molecule has 0 unspecified atom stereocenters. The number of ether oxygens (including phenoxy) is 2. The van der Waals surface area contributed by atoms with Crippen LogP contribution < -0.4 is 15.5 Å². The van der Waals surface area contributed by atoms with E-state index in [2.05, 4.69) is 20.4 Å². The maximum absolute atomic E-state index is 11.9. The van der Waals surface area contributed by atoms with Crippen molar-refractivity contribution in [3.63, 3.8) is 0 Å². The molecule has 0 bridgehead atoms. The van der Waals surface area contributed by atoms with Crippen LogP contribution >= 0.6 is 0 Å². The molecule has 2 amide bonds. The van der Waals surface area contributed by atoms with Crippen LogP contribution in [0.3, 0.4) is 0 Å². The van der Waals surface area contributed by atoms with Gasteiger partial charge in [-0.15, -0.1) is 0 Å². The molecule has 1 fully saturated rings. The Morgan fingerprint density at radius 3 is 2.70 bits per heavy atom. The van der Waals surface area contributed by atoms with E-state index in [1.165, 1.54) is 0 Å². The number of nitrogens with one attached hydrogen (secondary N) is 2. The zero-order chi connectivity index (χ0) is 21.5. The molecule has 2 N–H and O–H groups in total. The summed E-state index contributed by atoms with van der Waals surface area (Å²) < 4.78 is 13.0. The van der Waals surface area contributed by atoms with Crippen LogP contribution in [-0.4, -0.2) is 48.5 Å². The van der Waals surface area contributed by atoms with Gasteiger partial charge in [0.15, 0.2) is 0 Å². The monoisotopic (exact) mass is 412 g/mol. The van der Waals surface area contributed by atoms with Crippen molar-refractivity contribution in [2.24, 2.45) is 5.10 Å². The molecule has 1 aromatic heterocycles. The molecule has 0 aliphatic carbocycles. The summed E-state index contributed by atoms with van der Waals surface area (Å²) in [5.74, 6) is -0.696. The lowest BCUT2D eigenvalue weighted by molar-refractivity contribution is -0.139. The molecule has 30 heavy (non-hydrogen) atoms. The molecular formula is C22H28N4O4. The van der Waals surface area contributed by atoms with E-state index in [-0.39, 0.29) is 6.10 Å². The number of carbonyl (C=O) groups is 2. The maximum Gasteiger partial charge on any atom is 0.329 e. The number of hydrogen-bond donors (Lipinski definition) is 2. The van der Waals surface area contributed by atoms with Gasteiger partial charge in [-0.05, 0) is 63.9 Å². The van der Waals surface area contributed by atoms with Gasteiger partial charge in [-0.3, -0.25) is 9.59 Å². The first kappa shape index (κ1) is 21.6. The molecule has 2 heterocycles. The number of aromatic nitrogens is 1. The summed E-state index contributed by atoms with van der Waals surface area (Å²) in [6, 6.07) is 9.82. The maximum atomic E-state index is 11.9. The topological polar surface area (TPSA) is 94.0 Å². The van der Waals surface area contributed by atoms with E-state index in [9.17, 15) is 9.59 Å². The molecule has 1 aliphatic heterocycles. The highest BCUT2D eigenvalue weighted by atomic mass is 16.5. The smallest absolute Gasteiger partial charge is 0.329 e. The summed E-state index contributed by atoms with van der Waals surface area (Å²) in [7, 11) is 0. The van der Waals surface area contributed by atoms with Gasteiger partial charge in [0.25, 0.3) is 0 Å². The van der Waals surface area contributed by atoms with Crippen LogP contribution in [0.15, 0.2) is 35.4 Å². The van der Waals surface area contributed by atoms with E-state index < -0.39 is 11.8 Å². The molecule has 0 spiro atoms. The number of benzene rings is 1. The van der Waals surface area contributed by atoms with Crippen LogP contribution in [0.2, 0.25) is 0 Å². The first-order valence-corrected chi connectivity index (χ1v) is 10.1. The lowest BCUT2D eigenvalue weighted by Crippen LogP contribution is -2.41. The Bertz CT molecular complexity index is 912. The number of amides is 2. The van der Waals surface area contributed by atoms with Crippen molar-refractivity contribution in [2.75, 3.05) is 19.8 Å². The Hall–Kier alpha value is -3.13. The summed E-state index contributed by atoms with van der Waals surface area (Å²) in [6.07, 6.45) is 3.40. The number of aryl methyl sites for hydroxylation is 1. The van der Waals surface area contributed by atoms with E-state index >= 15 is 0 Å². The Morgan fingerprint density at radius 1 is 1.27 bits per heavy atom. The number of carbonyl (C=O) groups excluding carboxylic acids is 2. The average Bonchev–Trinajstić information content (AvgIpc) is 3.35. The fourth-order valence-corrected chi connectivity index (χ4v) is 3.48. The second-order valence-corrected chi connectivity index (χ2v) is 7.13. The van der Waals surface area contributed by atoms with Crippen molar-refractivity contribution in [1.29, 1.82) is 0 Å². The summed E-state index contributed by atoms with van der Waals surface area (Å²) >= 11 is 0. The lowest BCUT2D eigenvalue weighted by Gasteiger charge is -2.11. The van der Waals surface area contributed by atoms with E-state index in [0.29, 0.717) is 19.8 Å². The van der Waals surface area contributed by atoms with Crippen molar-refractivity contribution >= 4 is 18.0 Å². The second kappa shape index (κ2) is 10.1. The van der Waals surface area contributed by atoms with Gasteiger partial charge >= 0.3 is 11.8 Å². The summed E-state index contributed by atoms with van der Waals surface area (Å²) in [5, 5.41) is 6.51. The highest BCUT2D eigenvalue weighted by molar-refractivity contribution is 6.35. The third-order valence-electron chi connectivity index (χ3n) is 4.97. The van der Waals surface area contributed by atoms with E-state index in [1.54, 1.807) is 6.21 Å². The fraction of sp³-hybridized carbons (Fsp3) is 0.409. The molecular weight excluding hydrogens is 384 g/mol. The summed E-state index contributed by atoms with van der Waals surface area (Å²) in [5.41, 5.74) is 6.13. The average molecular weight is 412 g/mol. The van der Waals surface area contributed by atoms with Crippen LogP contribution in [0.1, 0.15) is 36.7 Å². The lowest BCUT2D eigenvalue weighted by atomic mass is 10.2. The highest BCUT2D eigenvalue weighted by Gasteiger charge is 2.19. The Kier molecular flexibility index (Phi) is 7.24. The normalized spacial score (nSPS) is 16.0. The van der Waals surface area contributed by atoms with Crippen molar-refractivity contribution in [3.8, 4) is 11.4 Å². The van der Waals surface area contributed by atoms with Gasteiger partial charge in [-0.1, -0.05) is 0 Å². The quantitative estimate of drug-likeness (QED) is 0.414. The minimum absolute atomic E-state index is 0.0155. The number of hydrogen-bond acceptors (Lipinski definition) is 5. The fourth-order valence-electron chi connectivity index (χ4n) is 3.48. The van der Waals surface area contributed by atoms with Gasteiger partial charge in [0.2, 0.25) is 0 Å². The molecule has 2 aromatic rings. The van der Waals surface area contributed by atoms with Crippen LogP contribution in [0.25, 0.3) is 5.69 Å². The van der Waals surface area contributed by atoms with E-state index in [1.807, 2.05) is 51.1 Å². The Balaban J connectivity index is 1.59. The van der Waals surface area contributed by atoms with Crippen LogP contribution in [-0.2, 0) is 14.3 Å². The van der Waals surface area contributed by atoms with Crippen LogP contribution in [0.4, 0.5) is 0 Å². The Labute approximate surface area is 176 Å². The van der Waals surface area contributed by atoms with Gasteiger partial charge in [-0.2, -0.15) is 5.10 Å². The largest absolute Gasteiger partial charge is 0.494 e. The van der Waals surface area contributed by atoms with Crippen LogP contribution in [0.5, 0.6) is 5.75 Å². The summed E-state index contributed by atoms with van der Waals surface area (Å²) in [6.45, 7) is 7.58. The number of nitrogens with zero attached hydrogens (tertiary/aromatic N) is 2. The van der Waals surface area contributed by atoms with E-state index in [4.69, 9.17) is 9.47 Å². The summed E-state index contributed by atoms with van der Waals surface area (Å²) in [4.78, 5) is 23.8. The first-order valence-electron chi connectivity index (χ1n) is 10.1. The van der Waals surface area contributed by atoms with Gasteiger partial charge < -0.3 is 19.4 Å². The molecule has 1 aliphatic rings. The zero-order valence-corrected chi connectivity index (χ0v) is 17.6. The van der Waals surface area contributed by atoms with Gasteiger partial charge in [0, 0.05) is 35.8 Å². The van der Waals surface area contributed by atoms with Gasteiger partial charge in [0.1, 0.15) is 5.75 Å². The number of hydrazone groups is 1. The first-order chi connectivity index (χ1) is 14.5. The van der Waals surface area contributed by atoms with E-state index in [0.717, 1.165) is 41.2 Å². The van der Waals surface area contributed by atoms with Crippen LogP contribution in [0, 0.1) is 13.8 Å². The molecule has 1 aromatic carbocycles. The molecule has 1 atom stereocenters. The molecule has 0 radical (unpaired) electrons. The molecule has 8 heteroatoms. The molecule has 160 valence electrons. The molecule has 8 nitrogen and oxygen atoms in total. The third kappa shape index (κ3) is 5.27. The number of rotatable bonds is 7. The minimum atomic E-state index is -0.801. The van der Waals surface area contributed by atoms with Crippen molar-refractivity contribution in [1.82, 2.24) is 15.3 Å². The third-order valence-corrected chi connectivity index (χ3v) is 4.97. The van der Waals surface area contributed by atoms with Crippen molar-refractivity contribution < 1.29 is 19.1 Å². The minimum Gasteiger partial charge on any atom is -0.494 e. The van der Waals surface area contributed by atoms with Gasteiger partial charge in [-0.25, -0.2) is 5.43 Å². The standard InChI is InChI=1S/C22H28N4O4/c1-4-29-19-9-7-18(8-10-19)26-15(2)12-17(16(26)3)13-24-25-22(28)21(27)23-14-20-6-5-11-30-20/h7-10,12-13,20H,4-6,11,14H2,1-3H3,(H,23,27)(H,25,28)/b24-13-/t20-/m1/s1. The SMILES string of the molecule is CCOc1ccc(-n2c(C)cc(/C=N\NC(=O)C(=O)NC[C@H]3CCCO3)c2C)cc1. The second-order valence-electron chi connectivity index (χ2n) is 7.13. The zero-order valence-electron chi connectivity index (χ0n) is 17.6.